The van der Waals surface area contributed by atoms with Crippen molar-refractivity contribution in [2.75, 3.05) is 26.8 Å². The summed E-state index contributed by atoms with van der Waals surface area (Å²) in [5.41, 5.74) is -0.0646. The summed E-state index contributed by atoms with van der Waals surface area (Å²) in [7, 11) is 1.68. The molecule has 1 saturated heterocycles. The van der Waals surface area contributed by atoms with E-state index in [4.69, 9.17) is 4.74 Å². The van der Waals surface area contributed by atoms with Crippen molar-refractivity contribution in [2.24, 2.45) is 5.92 Å². The molecule has 0 aliphatic carbocycles. The lowest BCUT2D eigenvalue weighted by Gasteiger charge is -2.32. The van der Waals surface area contributed by atoms with Crippen LogP contribution < -0.4 is 0 Å². The van der Waals surface area contributed by atoms with Crippen molar-refractivity contribution >= 4 is 5.69 Å². The van der Waals surface area contributed by atoms with Crippen molar-refractivity contribution < 1.29 is 14.1 Å². The van der Waals surface area contributed by atoms with E-state index in [0.29, 0.717) is 24.6 Å². The molecule has 0 spiro atoms. The molecule has 1 unspecified atom stereocenters. The molecule has 6 heteroatoms. The van der Waals surface area contributed by atoms with Crippen molar-refractivity contribution in [3.8, 4) is 0 Å². The lowest BCUT2D eigenvalue weighted by molar-refractivity contribution is -0.387. The highest BCUT2D eigenvalue weighted by atomic mass is 19.1. The van der Waals surface area contributed by atoms with Gasteiger partial charge in [-0.15, -0.1) is 0 Å². The first-order chi connectivity index (χ1) is 9.61. The number of hydrogen-bond acceptors (Lipinski definition) is 4. The van der Waals surface area contributed by atoms with Crippen molar-refractivity contribution in [1.82, 2.24) is 4.90 Å². The number of piperidine rings is 1. The quantitative estimate of drug-likeness (QED) is 0.615. The Hall–Kier alpha value is -1.53. The van der Waals surface area contributed by atoms with Crippen LogP contribution in [0.1, 0.15) is 18.4 Å². The number of rotatable bonds is 5. The Bertz CT molecular complexity index is 479. The van der Waals surface area contributed by atoms with Crippen LogP contribution in [-0.4, -0.2) is 36.6 Å². The Kier molecular flexibility index (Phi) is 5.03. The zero-order chi connectivity index (χ0) is 14.5. The lowest BCUT2D eigenvalue weighted by atomic mass is 9.98. The van der Waals surface area contributed by atoms with Crippen molar-refractivity contribution in [3.05, 3.63) is 39.7 Å². The standard InChI is InChI=1S/C14H19FN2O3/c1-20-10-11-4-3-7-16(8-11)9-12-5-2-6-13(14(12)15)17(18)19/h2,5-6,11H,3-4,7-10H2,1H3. The summed E-state index contributed by atoms with van der Waals surface area (Å²) in [4.78, 5) is 12.2. The van der Waals surface area contributed by atoms with E-state index in [-0.39, 0.29) is 0 Å². The van der Waals surface area contributed by atoms with Gasteiger partial charge in [0.25, 0.3) is 0 Å². The van der Waals surface area contributed by atoms with E-state index in [0.717, 1.165) is 25.9 Å². The summed E-state index contributed by atoms with van der Waals surface area (Å²) in [6, 6.07) is 4.35. The van der Waals surface area contributed by atoms with E-state index >= 15 is 0 Å². The van der Waals surface area contributed by atoms with Gasteiger partial charge in [-0.3, -0.25) is 15.0 Å². The largest absolute Gasteiger partial charge is 0.384 e. The van der Waals surface area contributed by atoms with E-state index in [2.05, 4.69) is 4.90 Å². The molecule has 1 aliphatic rings. The molecule has 1 heterocycles. The maximum atomic E-state index is 14.0. The van der Waals surface area contributed by atoms with Crippen LogP contribution in [-0.2, 0) is 11.3 Å². The van der Waals surface area contributed by atoms with Gasteiger partial charge < -0.3 is 4.74 Å². The van der Waals surface area contributed by atoms with Gasteiger partial charge >= 0.3 is 5.69 Å². The summed E-state index contributed by atoms with van der Waals surface area (Å²) in [6.45, 7) is 2.85. The van der Waals surface area contributed by atoms with Crippen molar-refractivity contribution in [2.45, 2.75) is 19.4 Å². The molecule has 5 nitrogen and oxygen atoms in total. The number of likely N-dealkylation sites (tertiary alicyclic amines) is 1. The lowest BCUT2D eigenvalue weighted by Crippen LogP contribution is -2.36. The molecule has 1 aromatic rings. The fourth-order valence-electron chi connectivity index (χ4n) is 2.74. The molecular formula is C14H19FN2O3. The molecule has 1 aliphatic heterocycles. The third-order valence-corrected chi connectivity index (χ3v) is 3.65. The van der Waals surface area contributed by atoms with Crippen LogP contribution in [0.2, 0.25) is 0 Å². The molecule has 1 atom stereocenters. The molecule has 20 heavy (non-hydrogen) atoms. The van der Waals surface area contributed by atoms with Crippen LogP contribution in [0, 0.1) is 21.8 Å². The number of ether oxygens (including phenoxy) is 1. The minimum atomic E-state index is -0.716. The highest BCUT2D eigenvalue weighted by Crippen LogP contribution is 2.24. The second-order valence-electron chi connectivity index (χ2n) is 5.21. The summed E-state index contributed by atoms with van der Waals surface area (Å²) in [5.74, 6) is -0.262. The Balaban J connectivity index is 2.06. The highest BCUT2D eigenvalue weighted by molar-refractivity contribution is 5.36. The van der Waals surface area contributed by atoms with Gasteiger partial charge in [0, 0.05) is 31.8 Å². The Morgan fingerprint density at radius 3 is 3.05 bits per heavy atom. The third-order valence-electron chi connectivity index (χ3n) is 3.65. The van der Waals surface area contributed by atoms with Crippen LogP contribution >= 0.6 is 0 Å². The first kappa shape index (κ1) is 14.9. The summed E-state index contributed by atoms with van der Waals surface area (Å²) in [6.07, 6.45) is 2.16. The average Bonchev–Trinajstić information content (AvgIpc) is 2.42. The fraction of sp³-hybridized carbons (Fsp3) is 0.571. The van der Waals surface area contributed by atoms with Gasteiger partial charge in [0.15, 0.2) is 0 Å². The second-order valence-corrected chi connectivity index (χ2v) is 5.21. The summed E-state index contributed by atoms with van der Waals surface area (Å²) < 4.78 is 19.2. The predicted octanol–water partition coefficient (Wildman–Crippen LogP) is 2.59. The molecule has 0 aromatic heterocycles. The number of hydrogen-bond donors (Lipinski definition) is 0. The van der Waals surface area contributed by atoms with Crippen LogP contribution in [0.5, 0.6) is 0 Å². The van der Waals surface area contributed by atoms with Gasteiger partial charge in [0.1, 0.15) is 0 Å². The monoisotopic (exact) mass is 282 g/mol. The van der Waals surface area contributed by atoms with E-state index in [9.17, 15) is 14.5 Å². The van der Waals surface area contributed by atoms with Gasteiger partial charge in [0.2, 0.25) is 5.82 Å². The Morgan fingerprint density at radius 2 is 2.35 bits per heavy atom. The summed E-state index contributed by atoms with van der Waals surface area (Å²) >= 11 is 0. The number of halogens is 1. The number of nitro groups is 1. The minimum absolute atomic E-state index is 0.386. The van der Waals surface area contributed by atoms with E-state index in [1.807, 2.05) is 0 Å². The second kappa shape index (κ2) is 6.76. The van der Waals surface area contributed by atoms with Crippen LogP contribution in [0.15, 0.2) is 18.2 Å². The number of nitrogens with zero attached hydrogens (tertiary/aromatic N) is 2. The van der Waals surface area contributed by atoms with E-state index in [1.54, 1.807) is 13.2 Å². The molecule has 2 rings (SSSR count). The third kappa shape index (κ3) is 3.52. The van der Waals surface area contributed by atoms with Crippen molar-refractivity contribution in [3.63, 3.8) is 0 Å². The van der Waals surface area contributed by atoms with Gasteiger partial charge in [-0.05, 0) is 25.3 Å². The molecule has 1 aromatic carbocycles. The maximum absolute atomic E-state index is 14.0. The molecule has 0 N–H and O–H groups in total. The Morgan fingerprint density at radius 1 is 1.55 bits per heavy atom. The zero-order valence-electron chi connectivity index (χ0n) is 11.5. The number of benzene rings is 1. The van der Waals surface area contributed by atoms with Gasteiger partial charge in [-0.2, -0.15) is 4.39 Å². The normalized spacial score (nSPS) is 20.0. The number of nitro benzene ring substituents is 1. The van der Waals surface area contributed by atoms with E-state index in [1.165, 1.54) is 12.1 Å². The maximum Gasteiger partial charge on any atom is 0.305 e. The summed E-state index contributed by atoms with van der Waals surface area (Å²) in [5, 5.41) is 10.7. The molecule has 0 saturated carbocycles. The van der Waals surface area contributed by atoms with Gasteiger partial charge in [-0.1, -0.05) is 12.1 Å². The van der Waals surface area contributed by atoms with Crippen LogP contribution in [0.3, 0.4) is 0 Å². The Labute approximate surface area is 117 Å². The molecule has 110 valence electrons. The van der Waals surface area contributed by atoms with Crippen LogP contribution in [0.4, 0.5) is 10.1 Å². The number of methoxy groups -OCH3 is 1. The SMILES string of the molecule is COCC1CCCN(Cc2cccc([N+](=O)[O-])c2F)C1. The molecule has 0 radical (unpaired) electrons. The average molecular weight is 282 g/mol. The minimum Gasteiger partial charge on any atom is -0.384 e. The van der Waals surface area contributed by atoms with Gasteiger partial charge in [0.05, 0.1) is 11.5 Å². The fourth-order valence-corrected chi connectivity index (χ4v) is 2.74. The first-order valence-electron chi connectivity index (χ1n) is 6.75. The molecule has 1 fully saturated rings. The smallest absolute Gasteiger partial charge is 0.305 e. The molecule has 0 bridgehead atoms. The molecule has 0 amide bonds. The predicted molar refractivity (Wildman–Crippen MR) is 72.9 cm³/mol. The first-order valence-corrected chi connectivity index (χ1v) is 6.75. The molecular weight excluding hydrogens is 263 g/mol. The van der Waals surface area contributed by atoms with Crippen molar-refractivity contribution in [1.29, 1.82) is 0 Å². The van der Waals surface area contributed by atoms with Crippen LogP contribution in [0.25, 0.3) is 0 Å². The van der Waals surface area contributed by atoms with E-state index < -0.39 is 16.4 Å². The zero-order valence-corrected chi connectivity index (χ0v) is 11.5. The highest BCUT2D eigenvalue weighted by Gasteiger charge is 2.23. The topological polar surface area (TPSA) is 55.6 Å². The van der Waals surface area contributed by atoms with Gasteiger partial charge in [-0.25, -0.2) is 0 Å².